The molecule has 1 heterocycles. The quantitative estimate of drug-likeness (QED) is 0.838. The van der Waals surface area contributed by atoms with Crippen LogP contribution in [-0.4, -0.2) is 4.98 Å². The number of pyridine rings is 1. The molecular weight excluding hydrogens is 224 g/mol. The fraction of sp³-hybridized carbons (Fsp3) is 0.267. The maximum absolute atomic E-state index is 5.95. The van der Waals surface area contributed by atoms with Gasteiger partial charge in [-0.2, -0.15) is 0 Å². The lowest BCUT2D eigenvalue weighted by atomic mass is 10.1. The number of aromatic nitrogens is 1. The Morgan fingerprint density at radius 1 is 1.17 bits per heavy atom. The van der Waals surface area contributed by atoms with Gasteiger partial charge in [0, 0.05) is 18.0 Å². The van der Waals surface area contributed by atoms with Crippen LogP contribution in [0, 0.1) is 6.92 Å². The van der Waals surface area contributed by atoms with Gasteiger partial charge in [-0.05, 0) is 42.7 Å². The van der Waals surface area contributed by atoms with Gasteiger partial charge in [0.1, 0.15) is 12.4 Å². The number of hydrogen-bond donors (Lipinski definition) is 1. The van der Waals surface area contributed by atoms with E-state index in [1.165, 1.54) is 5.56 Å². The average molecular weight is 242 g/mol. The van der Waals surface area contributed by atoms with Crippen molar-refractivity contribution in [2.75, 3.05) is 5.73 Å². The SMILES string of the molecule is CCc1ccc(OCc2cncc(C)c2)c(N)c1. The van der Waals surface area contributed by atoms with Crippen molar-refractivity contribution < 1.29 is 4.74 Å². The molecule has 0 saturated carbocycles. The molecule has 2 aromatic rings. The monoisotopic (exact) mass is 242 g/mol. The highest BCUT2D eigenvalue weighted by Gasteiger charge is 2.02. The van der Waals surface area contributed by atoms with Gasteiger partial charge in [-0.1, -0.05) is 13.0 Å². The smallest absolute Gasteiger partial charge is 0.142 e. The molecule has 94 valence electrons. The molecule has 0 aliphatic heterocycles. The van der Waals surface area contributed by atoms with E-state index >= 15 is 0 Å². The Bertz CT molecular complexity index is 538. The summed E-state index contributed by atoms with van der Waals surface area (Å²) in [6.07, 6.45) is 4.61. The molecule has 0 aliphatic carbocycles. The van der Waals surface area contributed by atoms with Crippen LogP contribution in [0.15, 0.2) is 36.7 Å². The van der Waals surface area contributed by atoms with Gasteiger partial charge in [-0.25, -0.2) is 0 Å². The number of aryl methyl sites for hydroxylation is 2. The molecule has 1 aromatic carbocycles. The summed E-state index contributed by atoms with van der Waals surface area (Å²) in [5.41, 5.74) is 10.0. The lowest BCUT2D eigenvalue weighted by molar-refractivity contribution is 0.307. The lowest BCUT2D eigenvalue weighted by Gasteiger charge is -2.10. The van der Waals surface area contributed by atoms with Crippen LogP contribution >= 0.6 is 0 Å². The molecule has 2 rings (SSSR count). The van der Waals surface area contributed by atoms with E-state index in [-0.39, 0.29) is 0 Å². The third kappa shape index (κ3) is 3.00. The van der Waals surface area contributed by atoms with Gasteiger partial charge in [0.15, 0.2) is 0 Å². The van der Waals surface area contributed by atoms with E-state index in [2.05, 4.69) is 18.0 Å². The van der Waals surface area contributed by atoms with Gasteiger partial charge in [-0.15, -0.1) is 0 Å². The van der Waals surface area contributed by atoms with Crippen molar-refractivity contribution in [3.05, 3.63) is 53.3 Å². The van der Waals surface area contributed by atoms with Gasteiger partial charge in [0.25, 0.3) is 0 Å². The van der Waals surface area contributed by atoms with Crippen LogP contribution in [0.4, 0.5) is 5.69 Å². The lowest BCUT2D eigenvalue weighted by Crippen LogP contribution is -2.00. The standard InChI is InChI=1S/C15H18N2O/c1-3-12-4-5-15(14(16)7-12)18-10-13-6-11(2)8-17-9-13/h4-9H,3,10,16H2,1-2H3. The highest BCUT2D eigenvalue weighted by atomic mass is 16.5. The van der Waals surface area contributed by atoms with E-state index in [1.54, 1.807) is 0 Å². The number of nitrogen functional groups attached to an aromatic ring is 1. The van der Waals surface area contributed by atoms with Crippen molar-refractivity contribution in [1.29, 1.82) is 0 Å². The minimum atomic E-state index is 0.490. The Hall–Kier alpha value is -2.03. The Morgan fingerprint density at radius 3 is 2.67 bits per heavy atom. The molecule has 0 radical (unpaired) electrons. The van der Waals surface area contributed by atoms with Crippen LogP contribution in [0.3, 0.4) is 0 Å². The van der Waals surface area contributed by atoms with Crippen LogP contribution in [-0.2, 0) is 13.0 Å². The summed E-state index contributed by atoms with van der Waals surface area (Å²) in [4.78, 5) is 4.14. The van der Waals surface area contributed by atoms with Gasteiger partial charge in [-0.3, -0.25) is 4.98 Å². The van der Waals surface area contributed by atoms with Crippen molar-refractivity contribution >= 4 is 5.69 Å². The molecule has 2 N–H and O–H groups in total. The fourth-order valence-corrected chi connectivity index (χ4v) is 1.81. The molecule has 3 heteroatoms. The second kappa shape index (κ2) is 5.54. The second-order valence-corrected chi connectivity index (χ2v) is 4.38. The van der Waals surface area contributed by atoms with Crippen molar-refractivity contribution in [2.45, 2.75) is 26.9 Å². The molecule has 0 bridgehead atoms. The highest BCUT2D eigenvalue weighted by molar-refractivity contribution is 5.54. The van der Waals surface area contributed by atoms with E-state index in [0.717, 1.165) is 23.3 Å². The molecule has 1 aromatic heterocycles. The number of hydrogen-bond acceptors (Lipinski definition) is 3. The largest absolute Gasteiger partial charge is 0.487 e. The van der Waals surface area contributed by atoms with Crippen LogP contribution in [0.2, 0.25) is 0 Å². The van der Waals surface area contributed by atoms with E-state index in [9.17, 15) is 0 Å². The minimum Gasteiger partial charge on any atom is -0.487 e. The highest BCUT2D eigenvalue weighted by Crippen LogP contribution is 2.23. The fourth-order valence-electron chi connectivity index (χ4n) is 1.81. The molecule has 18 heavy (non-hydrogen) atoms. The number of ether oxygens (including phenoxy) is 1. The van der Waals surface area contributed by atoms with Crippen molar-refractivity contribution in [3.8, 4) is 5.75 Å². The summed E-state index contributed by atoms with van der Waals surface area (Å²) < 4.78 is 5.71. The molecule has 0 unspecified atom stereocenters. The predicted molar refractivity (Wildman–Crippen MR) is 73.5 cm³/mol. The van der Waals surface area contributed by atoms with E-state index in [4.69, 9.17) is 10.5 Å². The predicted octanol–water partition coefficient (Wildman–Crippen LogP) is 3.11. The topological polar surface area (TPSA) is 48.1 Å². The first-order chi connectivity index (χ1) is 8.69. The van der Waals surface area contributed by atoms with Gasteiger partial charge in [0.05, 0.1) is 5.69 Å². The molecule has 0 spiro atoms. The third-order valence-electron chi connectivity index (χ3n) is 2.81. The zero-order chi connectivity index (χ0) is 13.0. The Balaban J connectivity index is 2.06. The van der Waals surface area contributed by atoms with Crippen LogP contribution in [0.25, 0.3) is 0 Å². The zero-order valence-corrected chi connectivity index (χ0v) is 10.8. The summed E-state index contributed by atoms with van der Waals surface area (Å²) in [6.45, 7) is 4.61. The first kappa shape index (κ1) is 12.4. The van der Waals surface area contributed by atoms with E-state index in [0.29, 0.717) is 12.3 Å². The van der Waals surface area contributed by atoms with Crippen molar-refractivity contribution in [2.24, 2.45) is 0 Å². The molecular formula is C15H18N2O. The summed E-state index contributed by atoms with van der Waals surface area (Å²) in [7, 11) is 0. The maximum atomic E-state index is 5.95. The Kier molecular flexibility index (Phi) is 3.82. The minimum absolute atomic E-state index is 0.490. The number of anilines is 1. The molecule has 3 nitrogen and oxygen atoms in total. The molecule has 0 aliphatic rings. The molecule has 0 amide bonds. The van der Waals surface area contributed by atoms with Crippen LogP contribution in [0.5, 0.6) is 5.75 Å². The maximum Gasteiger partial charge on any atom is 0.142 e. The normalized spacial score (nSPS) is 10.3. The molecule has 0 fully saturated rings. The average Bonchev–Trinajstić information content (AvgIpc) is 2.37. The number of nitrogens with zero attached hydrogens (tertiary/aromatic N) is 1. The van der Waals surface area contributed by atoms with Gasteiger partial charge in [0.2, 0.25) is 0 Å². The van der Waals surface area contributed by atoms with Crippen LogP contribution in [0.1, 0.15) is 23.6 Å². The first-order valence-corrected chi connectivity index (χ1v) is 6.10. The van der Waals surface area contributed by atoms with Gasteiger partial charge < -0.3 is 10.5 Å². The van der Waals surface area contributed by atoms with E-state index in [1.807, 2.05) is 37.5 Å². The second-order valence-electron chi connectivity index (χ2n) is 4.38. The first-order valence-electron chi connectivity index (χ1n) is 6.10. The van der Waals surface area contributed by atoms with E-state index < -0.39 is 0 Å². The van der Waals surface area contributed by atoms with Crippen molar-refractivity contribution in [3.63, 3.8) is 0 Å². The summed E-state index contributed by atoms with van der Waals surface area (Å²) >= 11 is 0. The summed E-state index contributed by atoms with van der Waals surface area (Å²) in [6, 6.07) is 7.99. The van der Waals surface area contributed by atoms with Gasteiger partial charge >= 0.3 is 0 Å². The number of nitrogens with two attached hydrogens (primary N) is 1. The zero-order valence-electron chi connectivity index (χ0n) is 10.8. The summed E-state index contributed by atoms with van der Waals surface area (Å²) in [5, 5.41) is 0. The Labute approximate surface area is 108 Å². The van der Waals surface area contributed by atoms with Crippen molar-refractivity contribution in [1.82, 2.24) is 4.98 Å². The summed E-state index contributed by atoms with van der Waals surface area (Å²) in [5.74, 6) is 0.730. The molecule has 0 atom stereocenters. The number of rotatable bonds is 4. The third-order valence-corrected chi connectivity index (χ3v) is 2.81. The Morgan fingerprint density at radius 2 is 2.00 bits per heavy atom. The number of benzene rings is 1. The van der Waals surface area contributed by atoms with Crippen LogP contribution < -0.4 is 10.5 Å². The molecule has 0 saturated heterocycles.